The van der Waals surface area contributed by atoms with Gasteiger partial charge in [-0.25, -0.2) is 9.78 Å². The molecule has 0 saturated carbocycles. The molecule has 68 valence electrons. The predicted molar refractivity (Wildman–Crippen MR) is 55.2 cm³/mol. The molecule has 0 aromatic carbocycles. The van der Waals surface area contributed by atoms with Crippen LogP contribution in [0.3, 0.4) is 0 Å². The van der Waals surface area contributed by atoms with Gasteiger partial charge < -0.3 is 4.42 Å². The molecule has 0 N–H and O–H groups in total. The Morgan fingerprint density at radius 1 is 1.69 bits per heavy atom. The van der Waals surface area contributed by atoms with Crippen LogP contribution in [0.5, 0.6) is 0 Å². The normalized spacial score (nSPS) is 10.9. The zero-order chi connectivity index (χ0) is 9.42. The Balaban J connectivity index is 2.88. The van der Waals surface area contributed by atoms with Crippen molar-refractivity contribution < 1.29 is 4.42 Å². The first-order chi connectivity index (χ1) is 6.22. The number of hydrogen-bond donors (Lipinski definition) is 0. The van der Waals surface area contributed by atoms with Gasteiger partial charge in [-0.15, -0.1) is 11.3 Å². The second-order valence-electron chi connectivity index (χ2n) is 2.51. The Bertz CT molecular complexity index is 502. The van der Waals surface area contributed by atoms with Crippen molar-refractivity contribution in [3.63, 3.8) is 0 Å². The minimum absolute atomic E-state index is 0.294. The summed E-state index contributed by atoms with van der Waals surface area (Å²) in [5.41, 5.74) is 0.413. The predicted octanol–water partition coefficient (Wildman–Crippen LogP) is 2.57. The first kappa shape index (κ1) is 8.90. The van der Waals surface area contributed by atoms with Gasteiger partial charge in [0.25, 0.3) is 0 Å². The van der Waals surface area contributed by atoms with Crippen LogP contribution in [0.1, 0.15) is 12.8 Å². The third-order valence-electron chi connectivity index (χ3n) is 1.66. The van der Waals surface area contributed by atoms with Gasteiger partial charge in [0.2, 0.25) is 0 Å². The summed E-state index contributed by atoms with van der Waals surface area (Å²) in [4.78, 5) is 15.6. The van der Waals surface area contributed by atoms with Gasteiger partial charge >= 0.3 is 5.63 Å². The van der Waals surface area contributed by atoms with Gasteiger partial charge in [-0.2, -0.15) is 0 Å². The van der Waals surface area contributed by atoms with Gasteiger partial charge in [0.15, 0.2) is 5.89 Å². The number of halogens is 1. The molecule has 2 heterocycles. The zero-order valence-corrected chi connectivity index (χ0v) is 9.24. The summed E-state index contributed by atoms with van der Waals surface area (Å²) in [6.07, 6.45) is 0.632. The Morgan fingerprint density at radius 3 is 3.15 bits per heavy atom. The number of nitrogens with zero attached hydrogens (tertiary/aromatic N) is 1. The monoisotopic (exact) mass is 259 g/mol. The third-order valence-corrected chi connectivity index (χ3v) is 3.51. The molecule has 0 radical (unpaired) electrons. The highest BCUT2D eigenvalue weighted by Gasteiger charge is 2.09. The number of rotatable bonds is 1. The number of aromatic nitrogens is 1. The van der Waals surface area contributed by atoms with Crippen LogP contribution in [0.4, 0.5) is 0 Å². The van der Waals surface area contributed by atoms with Crippen LogP contribution >= 0.6 is 27.3 Å². The minimum atomic E-state index is -0.294. The molecule has 3 nitrogen and oxygen atoms in total. The number of thiophene rings is 1. The van der Waals surface area contributed by atoms with Gasteiger partial charge in [-0.05, 0) is 15.9 Å². The summed E-state index contributed by atoms with van der Waals surface area (Å²) < 4.78 is 6.41. The molecule has 0 spiro atoms. The number of fused-ring (bicyclic) bond motifs is 1. The van der Waals surface area contributed by atoms with Crippen LogP contribution in [0.25, 0.3) is 10.2 Å². The van der Waals surface area contributed by atoms with E-state index in [4.69, 9.17) is 4.42 Å². The Labute approximate surface area is 86.5 Å². The average molecular weight is 260 g/mol. The second kappa shape index (κ2) is 3.23. The Hall–Kier alpha value is -0.680. The summed E-state index contributed by atoms with van der Waals surface area (Å²) in [5, 5.41) is 1.84. The smallest absolute Gasteiger partial charge is 0.357 e. The molecule has 0 saturated heterocycles. The van der Waals surface area contributed by atoms with E-state index >= 15 is 0 Å². The fourth-order valence-electron chi connectivity index (χ4n) is 1.03. The Morgan fingerprint density at radius 2 is 2.46 bits per heavy atom. The van der Waals surface area contributed by atoms with Gasteiger partial charge in [-0.3, -0.25) is 0 Å². The number of hydrogen-bond acceptors (Lipinski definition) is 4. The second-order valence-corrected chi connectivity index (χ2v) is 4.24. The van der Waals surface area contributed by atoms with Crippen LogP contribution in [0, 0.1) is 0 Å². The maximum absolute atomic E-state index is 11.4. The van der Waals surface area contributed by atoms with E-state index in [1.807, 2.05) is 12.3 Å². The standard InChI is InChI=1S/C8H6BrNO2S/c1-2-5-10-6-4(9)3-13-7(6)8(11)12-5/h3H,2H2,1H3. The first-order valence-corrected chi connectivity index (χ1v) is 5.46. The van der Waals surface area contributed by atoms with E-state index in [-0.39, 0.29) is 5.63 Å². The fraction of sp³-hybridized carbons (Fsp3) is 0.250. The molecule has 0 bridgehead atoms. The molecule has 0 aliphatic heterocycles. The lowest BCUT2D eigenvalue weighted by Crippen LogP contribution is -2.02. The molecule has 0 atom stereocenters. The molecule has 0 aliphatic rings. The maximum atomic E-state index is 11.4. The van der Waals surface area contributed by atoms with Crippen molar-refractivity contribution >= 4 is 37.5 Å². The maximum Gasteiger partial charge on any atom is 0.357 e. The fourth-order valence-corrected chi connectivity index (χ4v) is 2.47. The van der Waals surface area contributed by atoms with Crippen LogP contribution < -0.4 is 5.63 Å². The van der Waals surface area contributed by atoms with Crippen molar-refractivity contribution in [2.75, 3.05) is 0 Å². The molecule has 0 amide bonds. The van der Waals surface area contributed by atoms with Gasteiger partial charge in [0, 0.05) is 11.8 Å². The molecule has 2 rings (SSSR count). The van der Waals surface area contributed by atoms with Gasteiger partial charge in [0.1, 0.15) is 10.2 Å². The van der Waals surface area contributed by atoms with Crippen molar-refractivity contribution in [1.29, 1.82) is 0 Å². The highest BCUT2D eigenvalue weighted by atomic mass is 79.9. The van der Waals surface area contributed by atoms with Crippen molar-refractivity contribution in [3.8, 4) is 0 Å². The molecule has 0 fully saturated rings. The van der Waals surface area contributed by atoms with Crippen LogP contribution in [0.2, 0.25) is 0 Å². The van der Waals surface area contributed by atoms with Crippen molar-refractivity contribution in [2.45, 2.75) is 13.3 Å². The topological polar surface area (TPSA) is 43.1 Å². The molecule has 2 aromatic rings. The zero-order valence-electron chi connectivity index (χ0n) is 6.83. The van der Waals surface area contributed by atoms with Gasteiger partial charge in [-0.1, -0.05) is 6.92 Å². The lowest BCUT2D eigenvalue weighted by molar-refractivity contribution is 0.451. The molecular weight excluding hydrogens is 254 g/mol. The summed E-state index contributed by atoms with van der Waals surface area (Å²) >= 11 is 4.68. The largest absolute Gasteiger partial charge is 0.407 e. The lowest BCUT2D eigenvalue weighted by atomic mass is 10.4. The number of aryl methyl sites for hydroxylation is 1. The van der Waals surface area contributed by atoms with E-state index in [1.54, 1.807) is 0 Å². The molecule has 2 aromatic heterocycles. The first-order valence-electron chi connectivity index (χ1n) is 3.79. The van der Waals surface area contributed by atoms with Crippen molar-refractivity contribution in [1.82, 2.24) is 4.98 Å². The van der Waals surface area contributed by atoms with E-state index in [9.17, 15) is 4.79 Å². The molecule has 0 aliphatic carbocycles. The van der Waals surface area contributed by atoms with Gasteiger partial charge in [0.05, 0.1) is 4.47 Å². The molecule has 13 heavy (non-hydrogen) atoms. The minimum Gasteiger partial charge on any atom is -0.407 e. The highest BCUT2D eigenvalue weighted by molar-refractivity contribution is 9.10. The summed E-state index contributed by atoms with van der Waals surface area (Å²) in [6.45, 7) is 1.90. The summed E-state index contributed by atoms with van der Waals surface area (Å²) in [7, 11) is 0. The van der Waals surface area contributed by atoms with Crippen molar-refractivity contribution in [3.05, 3.63) is 26.2 Å². The molecule has 0 unspecified atom stereocenters. The SMILES string of the molecule is CCc1nc2c(Br)csc2c(=O)o1. The van der Waals surface area contributed by atoms with E-state index < -0.39 is 0 Å². The van der Waals surface area contributed by atoms with Crippen LogP contribution in [-0.2, 0) is 6.42 Å². The summed E-state index contributed by atoms with van der Waals surface area (Å²) in [5.74, 6) is 0.483. The van der Waals surface area contributed by atoms with Crippen LogP contribution in [0.15, 0.2) is 19.1 Å². The lowest BCUT2D eigenvalue weighted by Gasteiger charge is -1.93. The molecule has 5 heteroatoms. The molecular formula is C8H6BrNO2S. The van der Waals surface area contributed by atoms with E-state index in [1.165, 1.54) is 11.3 Å². The highest BCUT2D eigenvalue weighted by Crippen LogP contribution is 2.26. The average Bonchev–Trinajstić information content (AvgIpc) is 2.48. The Kier molecular flexibility index (Phi) is 2.21. The van der Waals surface area contributed by atoms with Crippen LogP contribution in [-0.4, -0.2) is 4.98 Å². The van der Waals surface area contributed by atoms with Crippen molar-refractivity contribution in [2.24, 2.45) is 0 Å². The van der Waals surface area contributed by atoms with E-state index in [2.05, 4.69) is 20.9 Å². The van der Waals surface area contributed by atoms with E-state index in [0.717, 1.165) is 4.47 Å². The third kappa shape index (κ3) is 1.42. The summed E-state index contributed by atoms with van der Waals surface area (Å²) in [6, 6.07) is 0. The quantitative estimate of drug-likeness (QED) is 0.791. The van der Waals surface area contributed by atoms with E-state index in [0.29, 0.717) is 22.5 Å².